The second-order valence-electron chi connectivity index (χ2n) is 7.42. The first-order valence-electron chi connectivity index (χ1n) is 8.83. The Balaban J connectivity index is 1.43. The Labute approximate surface area is 152 Å². The molecule has 1 saturated heterocycles. The second kappa shape index (κ2) is 7.92. The summed E-state index contributed by atoms with van der Waals surface area (Å²) in [6.07, 6.45) is 5.17. The van der Waals surface area contributed by atoms with Crippen LogP contribution in [0.2, 0.25) is 0 Å². The van der Waals surface area contributed by atoms with Crippen molar-refractivity contribution in [2.45, 2.75) is 46.3 Å². The number of aromatic nitrogens is 4. The Bertz CT molecular complexity index is 718. The minimum absolute atomic E-state index is 0.120. The molecule has 0 amide bonds. The van der Waals surface area contributed by atoms with Gasteiger partial charge in [0.25, 0.3) is 0 Å². The summed E-state index contributed by atoms with van der Waals surface area (Å²) in [5.74, 6) is 1.19. The van der Waals surface area contributed by atoms with Gasteiger partial charge in [0.15, 0.2) is 11.6 Å². The normalized spacial score (nSPS) is 16.6. The van der Waals surface area contributed by atoms with Crippen molar-refractivity contribution >= 4 is 5.97 Å². The molecule has 8 heteroatoms. The molecule has 0 radical (unpaired) electrons. The molecular weight excluding hydrogens is 334 g/mol. The first kappa shape index (κ1) is 18.5. The summed E-state index contributed by atoms with van der Waals surface area (Å²) in [5, 5.41) is 9.99. The van der Waals surface area contributed by atoms with Gasteiger partial charge in [-0.25, -0.2) is 4.79 Å². The van der Waals surface area contributed by atoms with Crippen LogP contribution in [0, 0.1) is 5.41 Å². The zero-order chi connectivity index (χ0) is 18.6. The van der Waals surface area contributed by atoms with Crippen LogP contribution >= 0.6 is 0 Å². The maximum absolute atomic E-state index is 11.9. The van der Waals surface area contributed by atoms with Crippen molar-refractivity contribution in [3.05, 3.63) is 30.4 Å². The molecule has 0 saturated carbocycles. The Kier molecular flexibility index (Phi) is 5.63. The number of nitrogens with zero attached hydrogens (tertiary/aromatic N) is 4. The molecule has 1 N–H and O–H groups in total. The number of hydroxylamine groups is 2. The zero-order valence-corrected chi connectivity index (χ0v) is 15.4. The third kappa shape index (κ3) is 4.86. The van der Waals surface area contributed by atoms with E-state index in [4.69, 9.17) is 9.57 Å². The Hall–Kier alpha value is -2.32. The van der Waals surface area contributed by atoms with Gasteiger partial charge < -0.3 is 14.6 Å². The van der Waals surface area contributed by atoms with Crippen molar-refractivity contribution in [1.82, 2.24) is 25.2 Å². The summed E-state index contributed by atoms with van der Waals surface area (Å²) in [4.78, 5) is 24.5. The molecule has 26 heavy (non-hydrogen) atoms. The van der Waals surface area contributed by atoms with E-state index in [2.05, 4.69) is 20.2 Å². The van der Waals surface area contributed by atoms with E-state index < -0.39 is 5.41 Å². The lowest BCUT2D eigenvalue weighted by molar-refractivity contribution is -0.209. The van der Waals surface area contributed by atoms with Gasteiger partial charge in [-0.05, 0) is 45.7 Å². The summed E-state index contributed by atoms with van der Waals surface area (Å²) in [5.41, 5.74) is 0.444. The predicted molar refractivity (Wildman–Crippen MR) is 94.5 cm³/mol. The molecule has 0 atom stereocenters. The van der Waals surface area contributed by atoms with Gasteiger partial charge in [-0.2, -0.15) is 0 Å². The molecule has 3 heterocycles. The Morgan fingerprint density at radius 2 is 1.92 bits per heavy atom. The molecule has 2 aromatic heterocycles. The van der Waals surface area contributed by atoms with E-state index in [1.165, 1.54) is 0 Å². The highest BCUT2D eigenvalue weighted by Crippen LogP contribution is 2.20. The zero-order valence-electron chi connectivity index (χ0n) is 15.4. The minimum Gasteiger partial charge on any atom is -0.370 e. The highest BCUT2D eigenvalue weighted by Gasteiger charge is 2.28. The molecule has 0 aromatic carbocycles. The Morgan fingerprint density at radius 3 is 2.58 bits per heavy atom. The van der Waals surface area contributed by atoms with Crippen molar-refractivity contribution in [2.75, 3.05) is 13.1 Å². The van der Waals surface area contributed by atoms with Crippen LogP contribution in [0.25, 0.3) is 11.4 Å². The fraction of sp³-hybridized carbons (Fsp3) is 0.556. The van der Waals surface area contributed by atoms with Gasteiger partial charge in [-0.3, -0.25) is 4.98 Å². The molecule has 1 aliphatic heterocycles. The van der Waals surface area contributed by atoms with E-state index in [1.54, 1.807) is 17.5 Å². The fourth-order valence-corrected chi connectivity index (χ4v) is 2.54. The highest BCUT2D eigenvalue weighted by molar-refractivity contribution is 5.75. The summed E-state index contributed by atoms with van der Waals surface area (Å²) in [7, 11) is 0. The van der Waals surface area contributed by atoms with E-state index in [9.17, 15) is 4.79 Å². The van der Waals surface area contributed by atoms with Crippen molar-refractivity contribution in [3.63, 3.8) is 0 Å². The fourth-order valence-electron chi connectivity index (χ4n) is 2.54. The number of piperidine rings is 1. The van der Waals surface area contributed by atoms with Gasteiger partial charge in [0.1, 0.15) is 6.61 Å². The van der Waals surface area contributed by atoms with Gasteiger partial charge in [0.05, 0.1) is 11.5 Å². The lowest BCUT2D eigenvalue weighted by atomic mass is 9.98. The van der Waals surface area contributed by atoms with Crippen LogP contribution in [0.5, 0.6) is 0 Å². The summed E-state index contributed by atoms with van der Waals surface area (Å²) in [6, 6.07) is 3.75. The van der Waals surface area contributed by atoms with Crippen molar-refractivity contribution in [1.29, 1.82) is 0 Å². The van der Waals surface area contributed by atoms with Crippen LogP contribution in [0.3, 0.4) is 0 Å². The van der Waals surface area contributed by atoms with Crippen LogP contribution in [0.4, 0.5) is 0 Å². The molecule has 3 rings (SSSR count). The number of ether oxygens (including phenoxy) is 1. The van der Waals surface area contributed by atoms with Gasteiger partial charge in [-0.15, -0.1) is 15.3 Å². The van der Waals surface area contributed by atoms with Crippen LogP contribution in [-0.4, -0.2) is 50.4 Å². The van der Waals surface area contributed by atoms with Crippen LogP contribution in [0.15, 0.2) is 24.5 Å². The molecule has 140 valence electrons. The summed E-state index contributed by atoms with van der Waals surface area (Å²) >= 11 is 0. The number of carbonyl (C=O) groups excluding carboxylic acids is 1. The van der Waals surface area contributed by atoms with Gasteiger partial charge in [0, 0.05) is 31.0 Å². The molecule has 2 aromatic rings. The number of hydrogen-bond acceptors (Lipinski definition) is 7. The highest BCUT2D eigenvalue weighted by atomic mass is 16.7. The van der Waals surface area contributed by atoms with Crippen molar-refractivity contribution in [2.24, 2.45) is 5.41 Å². The molecule has 1 aliphatic rings. The molecule has 0 aliphatic carbocycles. The van der Waals surface area contributed by atoms with E-state index in [0.717, 1.165) is 18.4 Å². The van der Waals surface area contributed by atoms with Crippen LogP contribution < -0.4 is 0 Å². The number of nitrogens with one attached hydrogen (secondary N) is 1. The lowest BCUT2D eigenvalue weighted by Gasteiger charge is -2.31. The number of H-pyrrole nitrogens is 1. The molecule has 0 bridgehead atoms. The quantitative estimate of drug-likeness (QED) is 0.876. The van der Waals surface area contributed by atoms with Crippen molar-refractivity contribution in [3.8, 4) is 11.4 Å². The SMILES string of the molecule is CC(C)(C)C(=O)ON1CCC(OCc2nnc(-c3ccncc3)[nH]2)CC1. The average molecular weight is 359 g/mol. The van der Waals surface area contributed by atoms with E-state index in [0.29, 0.717) is 31.3 Å². The Morgan fingerprint density at radius 1 is 1.23 bits per heavy atom. The number of aromatic amines is 1. The molecule has 1 fully saturated rings. The monoisotopic (exact) mass is 359 g/mol. The maximum Gasteiger partial charge on any atom is 0.330 e. The largest absolute Gasteiger partial charge is 0.370 e. The molecular formula is C18H25N5O3. The van der Waals surface area contributed by atoms with E-state index in [-0.39, 0.29) is 12.1 Å². The number of pyridine rings is 1. The first-order valence-corrected chi connectivity index (χ1v) is 8.83. The number of rotatable bonds is 5. The number of hydrogen-bond donors (Lipinski definition) is 1. The van der Waals surface area contributed by atoms with Gasteiger partial charge in [-0.1, -0.05) is 0 Å². The van der Waals surface area contributed by atoms with Crippen LogP contribution in [-0.2, 0) is 21.0 Å². The molecule has 0 spiro atoms. The van der Waals surface area contributed by atoms with E-state index >= 15 is 0 Å². The predicted octanol–water partition coefficient (Wildman–Crippen LogP) is 2.35. The molecule has 8 nitrogen and oxygen atoms in total. The third-order valence-corrected chi connectivity index (χ3v) is 4.17. The summed E-state index contributed by atoms with van der Waals surface area (Å²) in [6.45, 7) is 7.27. The minimum atomic E-state index is -0.494. The standard InChI is InChI=1S/C18H25N5O3/c1-18(2,3)17(24)26-23-10-6-14(7-11-23)25-12-15-20-16(22-21-15)13-4-8-19-9-5-13/h4-5,8-9,14H,6-7,10-12H2,1-3H3,(H,20,21,22). The van der Waals surface area contributed by atoms with E-state index in [1.807, 2.05) is 32.9 Å². The lowest BCUT2D eigenvalue weighted by Crippen LogP contribution is -2.40. The number of carbonyl (C=O) groups is 1. The first-order chi connectivity index (χ1) is 12.4. The second-order valence-corrected chi connectivity index (χ2v) is 7.42. The van der Waals surface area contributed by atoms with Gasteiger partial charge in [0.2, 0.25) is 0 Å². The van der Waals surface area contributed by atoms with Gasteiger partial charge >= 0.3 is 5.97 Å². The van der Waals surface area contributed by atoms with Crippen LogP contribution in [0.1, 0.15) is 39.4 Å². The maximum atomic E-state index is 11.9. The smallest absolute Gasteiger partial charge is 0.330 e. The topological polar surface area (TPSA) is 93.2 Å². The summed E-state index contributed by atoms with van der Waals surface area (Å²) < 4.78 is 5.93. The molecule has 0 unspecified atom stereocenters. The van der Waals surface area contributed by atoms with Crippen molar-refractivity contribution < 1.29 is 14.4 Å². The average Bonchev–Trinajstić information content (AvgIpc) is 3.10. The third-order valence-electron chi connectivity index (χ3n) is 4.17.